The van der Waals surface area contributed by atoms with Gasteiger partial charge in [-0.25, -0.2) is 0 Å². The molecule has 0 heterocycles. The summed E-state index contributed by atoms with van der Waals surface area (Å²) in [5, 5.41) is 0. The summed E-state index contributed by atoms with van der Waals surface area (Å²) in [4.78, 5) is 0. The van der Waals surface area contributed by atoms with Crippen molar-refractivity contribution >= 4 is 0 Å². The second-order valence-electron chi connectivity index (χ2n) is 7.87. The summed E-state index contributed by atoms with van der Waals surface area (Å²) < 4.78 is 8.60. The van der Waals surface area contributed by atoms with Gasteiger partial charge in [-0.05, 0) is 0 Å². The van der Waals surface area contributed by atoms with E-state index in [1.807, 2.05) is 0 Å². The van der Waals surface area contributed by atoms with Crippen LogP contribution in [0, 0.1) is 0 Å². The van der Waals surface area contributed by atoms with E-state index < -0.39 is 15.3 Å². The van der Waals surface area contributed by atoms with Gasteiger partial charge in [-0.15, -0.1) is 0 Å². The first kappa shape index (κ1) is 16.3. The molecule has 0 bridgehead atoms. The maximum absolute atomic E-state index is 3.68. The number of allylic oxidation sites excluding steroid dienone is 20. The van der Waals surface area contributed by atoms with Crippen LogP contribution in [0.3, 0.4) is 0 Å². The van der Waals surface area contributed by atoms with Crippen LogP contribution in [-0.4, -0.2) is 0 Å². The third-order valence-corrected chi connectivity index (χ3v) is 20.0. The van der Waals surface area contributed by atoms with E-state index in [9.17, 15) is 0 Å². The van der Waals surface area contributed by atoms with Gasteiger partial charge in [-0.3, -0.25) is 0 Å². The number of hydrogen-bond acceptors (Lipinski definition) is 0. The van der Waals surface area contributed by atoms with Gasteiger partial charge in [0.05, 0.1) is 0 Å². The minimum atomic E-state index is -3.68. The Hall–Kier alpha value is -1.89. The molecule has 0 N–H and O–H groups in total. The Labute approximate surface area is 157 Å². The first-order valence-corrected chi connectivity index (χ1v) is 13.7. The maximum atomic E-state index is 2.48. The average molecular weight is 373 g/mol. The molecule has 0 atom stereocenters. The van der Waals surface area contributed by atoms with Crippen molar-refractivity contribution in [2.75, 3.05) is 0 Å². The SMILES string of the molecule is C1=CC[C]([Ti]([C]2=CC=CC2)([C]2=CC=CC2)([C]2=CC=CC2)[C]2=CC=CC2)=C1. The summed E-state index contributed by atoms with van der Waals surface area (Å²) in [5.74, 6) is 0. The van der Waals surface area contributed by atoms with Crippen LogP contribution in [0.25, 0.3) is 0 Å². The minimum absolute atomic E-state index is 1.11. The molecule has 26 heavy (non-hydrogen) atoms. The molecular formula is C25H25Ti. The van der Waals surface area contributed by atoms with Crippen molar-refractivity contribution in [3.8, 4) is 0 Å². The van der Waals surface area contributed by atoms with Crippen molar-refractivity contribution in [2.45, 2.75) is 32.1 Å². The van der Waals surface area contributed by atoms with Crippen LogP contribution < -0.4 is 0 Å². The van der Waals surface area contributed by atoms with Crippen molar-refractivity contribution in [1.29, 1.82) is 0 Å². The van der Waals surface area contributed by atoms with E-state index in [0.717, 1.165) is 32.1 Å². The molecule has 1 heteroatoms. The molecule has 0 saturated carbocycles. The Balaban J connectivity index is 1.91. The number of rotatable bonds is 5. The monoisotopic (exact) mass is 373 g/mol. The van der Waals surface area contributed by atoms with Crippen LogP contribution in [-0.2, 0) is 15.3 Å². The molecule has 0 nitrogen and oxygen atoms in total. The van der Waals surface area contributed by atoms with Crippen LogP contribution in [0.4, 0.5) is 0 Å². The van der Waals surface area contributed by atoms with Gasteiger partial charge in [0.25, 0.3) is 0 Å². The fraction of sp³-hybridized carbons (Fsp3) is 0.200. The number of hydrogen-bond donors (Lipinski definition) is 0. The molecule has 0 radical (unpaired) electrons. The zero-order chi connectivity index (χ0) is 17.5. The summed E-state index contributed by atoms with van der Waals surface area (Å²) in [6, 6.07) is 0. The molecule has 5 aliphatic carbocycles. The quantitative estimate of drug-likeness (QED) is 0.460. The predicted octanol–water partition coefficient (Wildman–Crippen LogP) is 6.90. The summed E-state index contributed by atoms with van der Waals surface area (Å²) in [5.41, 5.74) is 0. The predicted molar refractivity (Wildman–Crippen MR) is 109 cm³/mol. The topological polar surface area (TPSA) is 0 Å². The fourth-order valence-electron chi connectivity index (χ4n) is 6.15. The van der Waals surface area contributed by atoms with Gasteiger partial charge in [0.15, 0.2) is 0 Å². The summed E-state index contributed by atoms with van der Waals surface area (Å²) in [7, 11) is 0. The van der Waals surface area contributed by atoms with Crippen LogP contribution in [0.5, 0.6) is 0 Å². The Bertz CT molecular complexity index is 772. The molecule has 0 fully saturated rings. The third-order valence-electron chi connectivity index (χ3n) is 7.07. The van der Waals surface area contributed by atoms with Crippen molar-refractivity contribution in [3.63, 3.8) is 0 Å². The molecule has 129 valence electrons. The zero-order valence-electron chi connectivity index (χ0n) is 15.2. The van der Waals surface area contributed by atoms with E-state index in [0.29, 0.717) is 0 Å². The zero-order valence-corrected chi connectivity index (χ0v) is 16.8. The Kier molecular flexibility index (Phi) is 3.81. The molecule has 0 saturated heterocycles. The first-order chi connectivity index (χ1) is 12.9. The molecule has 0 aliphatic heterocycles. The summed E-state index contributed by atoms with van der Waals surface area (Å²) in [6.07, 6.45) is 41.3. The molecule has 5 aliphatic rings. The van der Waals surface area contributed by atoms with E-state index >= 15 is 0 Å². The van der Waals surface area contributed by atoms with Gasteiger partial charge in [0.2, 0.25) is 0 Å². The van der Waals surface area contributed by atoms with E-state index in [4.69, 9.17) is 0 Å². The van der Waals surface area contributed by atoms with Gasteiger partial charge in [0.1, 0.15) is 0 Å². The van der Waals surface area contributed by atoms with E-state index in [-0.39, 0.29) is 0 Å². The molecule has 0 spiro atoms. The van der Waals surface area contributed by atoms with Crippen molar-refractivity contribution in [3.05, 3.63) is 111 Å². The molecular weight excluding hydrogens is 348 g/mol. The van der Waals surface area contributed by atoms with Crippen LogP contribution in [0.2, 0.25) is 0 Å². The normalized spacial score (nSPS) is 24.6. The van der Waals surface area contributed by atoms with Crippen molar-refractivity contribution in [1.82, 2.24) is 0 Å². The Morgan fingerprint density at radius 2 is 0.615 bits per heavy atom. The Morgan fingerprint density at radius 1 is 0.385 bits per heavy atom. The van der Waals surface area contributed by atoms with Crippen molar-refractivity contribution < 1.29 is 15.3 Å². The van der Waals surface area contributed by atoms with Gasteiger partial charge in [-0.1, -0.05) is 0 Å². The van der Waals surface area contributed by atoms with Crippen LogP contribution in [0.1, 0.15) is 32.1 Å². The summed E-state index contributed by atoms with van der Waals surface area (Å²) >= 11 is -3.68. The molecule has 0 unspecified atom stereocenters. The van der Waals surface area contributed by atoms with Gasteiger partial charge in [0, 0.05) is 0 Å². The molecule has 0 aromatic heterocycles. The molecule has 5 rings (SSSR count). The average Bonchev–Trinajstić information content (AvgIpc) is 3.52. The van der Waals surface area contributed by atoms with Crippen LogP contribution in [0.15, 0.2) is 111 Å². The standard InChI is InChI=1S/5C5H5.Ti/c5*1-2-4-5-3-1;/h5*1-3H,4H2;. The van der Waals surface area contributed by atoms with E-state index in [2.05, 4.69) is 91.1 Å². The second kappa shape index (κ2) is 6.08. The molecule has 0 amide bonds. The first-order valence-electron chi connectivity index (χ1n) is 9.84. The molecule has 0 aromatic rings. The van der Waals surface area contributed by atoms with Crippen molar-refractivity contribution in [2.24, 2.45) is 0 Å². The van der Waals surface area contributed by atoms with Gasteiger partial charge >= 0.3 is 158 Å². The fourth-order valence-corrected chi connectivity index (χ4v) is 20.1. The van der Waals surface area contributed by atoms with E-state index in [1.54, 1.807) is 19.4 Å². The second-order valence-corrected chi connectivity index (χ2v) is 16.8. The Morgan fingerprint density at radius 3 is 0.769 bits per heavy atom. The van der Waals surface area contributed by atoms with Crippen LogP contribution >= 0.6 is 0 Å². The van der Waals surface area contributed by atoms with Gasteiger partial charge < -0.3 is 0 Å². The summed E-state index contributed by atoms with van der Waals surface area (Å²) in [6.45, 7) is 0. The third kappa shape index (κ3) is 1.84. The van der Waals surface area contributed by atoms with E-state index in [1.165, 1.54) is 0 Å². The molecule has 0 aromatic carbocycles. The van der Waals surface area contributed by atoms with Gasteiger partial charge in [-0.2, -0.15) is 0 Å².